The van der Waals surface area contributed by atoms with Crippen LogP contribution in [0, 0.1) is 6.92 Å². The van der Waals surface area contributed by atoms with E-state index in [1.807, 2.05) is 50.3 Å². The number of sulfonamides is 1. The Kier molecular flexibility index (Phi) is 6.70. The number of rotatable bonds is 6. The van der Waals surface area contributed by atoms with Crippen LogP contribution < -0.4 is 0 Å². The van der Waals surface area contributed by atoms with Crippen molar-refractivity contribution < 1.29 is 12.6 Å². The van der Waals surface area contributed by atoms with Gasteiger partial charge in [-0.2, -0.15) is 8.42 Å². The van der Waals surface area contributed by atoms with Gasteiger partial charge in [0.05, 0.1) is 9.79 Å². The second kappa shape index (κ2) is 9.24. The van der Waals surface area contributed by atoms with Crippen LogP contribution in [0.4, 0.5) is 0 Å². The van der Waals surface area contributed by atoms with E-state index in [1.165, 1.54) is 17.5 Å². The molecule has 0 bridgehead atoms. The van der Waals surface area contributed by atoms with Gasteiger partial charge < -0.3 is 0 Å². The van der Waals surface area contributed by atoms with Crippen LogP contribution in [0.1, 0.15) is 18.1 Å². The quantitative estimate of drug-likeness (QED) is 0.456. The standard InChI is InChI=1S/C24H23NO3S2/c1-20-13-15-24(16-14-20)30(27,28)25-29(26,23-11-7-4-8-12-23)18-17-21(2)19-22-9-5-3-6-10-22/h3-19H,1-2H3/b18-17+,21-19+. The summed E-state index contributed by atoms with van der Waals surface area (Å²) in [4.78, 5) is 0.353. The first-order valence-corrected chi connectivity index (χ1v) is 12.4. The molecular weight excluding hydrogens is 414 g/mol. The average Bonchev–Trinajstić information content (AvgIpc) is 2.74. The Morgan fingerprint density at radius 3 is 1.93 bits per heavy atom. The summed E-state index contributed by atoms with van der Waals surface area (Å²) in [5, 5.41) is 1.38. The average molecular weight is 438 g/mol. The lowest BCUT2D eigenvalue weighted by Crippen LogP contribution is -2.04. The van der Waals surface area contributed by atoms with Gasteiger partial charge in [0, 0.05) is 5.41 Å². The monoisotopic (exact) mass is 437 g/mol. The Morgan fingerprint density at radius 2 is 1.33 bits per heavy atom. The molecule has 0 heterocycles. The number of allylic oxidation sites excluding steroid dienone is 2. The molecule has 6 heteroatoms. The third kappa shape index (κ3) is 5.55. The molecule has 0 fully saturated rings. The van der Waals surface area contributed by atoms with E-state index in [9.17, 15) is 12.6 Å². The van der Waals surface area contributed by atoms with Crippen molar-refractivity contribution in [1.29, 1.82) is 0 Å². The molecule has 0 aliphatic heterocycles. The maximum atomic E-state index is 13.7. The lowest BCUT2D eigenvalue weighted by atomic mass is 10.1. The molecule has 3 aromatic carbocycles. The van der Waals surface area contributed by atoms with Crippen molar-refractivity contribution in [2.24, 2.45) is 3.77 Å². The van der Waals surface area contributed by atoms with Gasteiger partial charge in [-0.1, -0.05) is 76.1 Å². The fourth-order valence-corrected chi connectivity index (χ4v) is 6.36. The first-order valence-electron chi connectivity index (χ1n) is 9.35. The molecule has 154 valence electrons. The molecule has 0 amide bonds. The maximum absolute atomic E-state index is 13.7. The molecule has 3 rings (SSSR count). The molecule has 0 aliphatic carbocycles. The van der Waals surface area contributed by atoms with Crippen molar-refractivity contribution >= 4 is 25.8 Å². The highest BCUT2D eigenvalue weighted by Crippen LogP contribution is 2.22. The van der Waals surface area contributed by atoms with Gasteiger partial charge >= 0.3 is 0 Å². The minimum atomic E-state index is -4.11. The number of benzene rings is 3. The van der Waals surface area contributed by atoms with Crippen molar-refractivity contribution in [3.8, 4) is 0 Å². The summed E-state index contributed by atoms with van der Waals surface area (Å²) in [6.45, 7) is 3.73. The molecule has 1 atom stereocenters. The molecule has 0 N–H and O–H groups in total. The van der Waals surface area contributed by atoms with E-state index in [0.717, 1.165) is 16.7 Å². The molecule has 30 heavy (non-hydrogen) atoms. The summed E-state index contributed by atoms with van der Waals surface area (Å²) in [6, 6.07) is 24.5. The fraction of sp³-hybridized carbons (Fsp3) is 0.0833. The summed E-state index contributed by atoms with van der Waals surface area (Å²) < 4.78 is 43.4. The molecule has 0 saturated carbocycles. The SMILES string of the molecule is CC(/C=C/S(=O)(=NS(=O)(=O)c1ccc(C)cc1)c1ccccc1)=C\c1ccccc1. The van der Waals surface area contributed by atoms with Crippen molar-refractivity contribution in [2.75, 3.05) is 0 Å². The highest BCUT2D eigenvalue weighted by molar-refractivity contribution is 8.05. The first-order chi connectivity index (χ1) is 14.3. The van der Waals surface area contributed by atoms with Crippen molar-refractivity contribution in [3.05, 3.63) is 113 Å². The zero-order valence-electron chi connectivity index (χ0n) is 16.8. The van der Waals surface area contributed by atoms with Crippen molar-refractivity contribution in [2.45, 2.75) is 23.6 Å². The Morgan fingerprint density at radius 1 is 0.767 bits per heavy atom. The number of aryl methyl sites for hydroxylation is 1. The van der Waals surface area contributed by atoms with E-state index < -0.39 is 19.8 Å². The minimum absolute atomic E-state index is 0.0155. The van der Waals surface area contributed by atoms with E-state index >= 15 is 0 Å². The van der Waals surface area contributed by atoms with Crippen molar-refractivity contribution in [3.63, 3.8) is 0 Å². The third-order valence-corrected chi connectivity index (χ3v) is 8.31. The molecular formula is C24H23NO3S2. The third-order valence-electron chi connectivity index (χ3n) is 4.32. The first kappa shape index (κ1) is 21.7. The van der Waals surface area contributed by atoms with Gasteiger partial charge in [-0.15, -0.1) is 0 Å². The largest absolute Gasteiger partial charge is 0.290 e. The van der Waals surface area contributed by atoms with Crippen LogP contribution in [0.25, 0.3) is 6.08 Å². The van der Waals surface area contributed by atoms with Crippen LogP contribution in [0.15, 0.2) is 116 Å². The highest BCUT2D eigenvalue weighted by atomic mass is 32.3. The molecule has 0 aromatic heterocycles. The lowest BCUT2D eigenvalue weighted by Gasteiger charge is -2.07. The Balaban J connectivity index is 2.08. The molecule has 1 unspecified atom stereocenters. The number of hydrogen-bond donors (Lipinski definition) is 0. The van der Waals surface area contributed by atoms with Gasteiger partial charge in [-0.25, -0.2) is 4.21 Å². The molecule has 0 aliphatic rings. The number of hydrogen-bond acceptors (Lipinski definition) is 3. The summed E-state index contributed by atoms with van der Waals surface area (Å²) in [5.74, 6) is 0. The van der Waals surface area contributed by atoms with Crippen LogP contribution in [-0.4, -0.2) is 12.6 Å². The zero-order chi connectivity index (χ0) is 21.6. The van der Waals surface area contributed by atoms with E-state index in [0.29, 0.717) is 4.90 Å². The van der Waals surface area contributed by atoms with Crippen LogP contribution in [0.3, 0.4) is 0 Å². The van der Waals surface area contributed by atoms with E-state index in [1.54, 1.807) is 48.5 Å². The van der Waals surface area contributed by atoms with Gasteiger partial charge in [-0.05, 0) is 55.3 Å². The van der Waals surface area contributed by atoms with Crippen molar-refractivity contribution in [1.82, 2.24) is 0 Å². The summed E-state index contributed by atoms with van der Waals surface area (Å²) in [5.41, 5.74) is 2.75. The topological polar surface area (TPSA) is 63.6 Å². The molecule has 0 spiro atoms. The van der Waals surface area contributed by atoms with Crippen LogP contribution in [0.2, 0.25) is 0 Å². The van der Waals surface area contributed by atoms with Gasteiger partial charge in [0.15, 0.2) is 0 Å². The Bertz CT molecular complexity index is 1280. The second-order valence-electron chi connectivity index (χ2n) is 6.85. The predicted octanol–water partition coefficient (Wildman–Crippen LogP) is 5.83. The van der Waals surface area contributed by atoms with Crippen LogP contribution in [0.5, 0.6) is 0 Å². The molecule has 4 nitrogen and oxygen atoms in total. The molecule has 0 saturated heterocycles. The Labute approximate surface area is 178 Å². The Hall–Kier alpha value is -2.96. The smallest absolute Gasteiger partial charge is 0.239 e. The molecule has 3 aromatic rings. The van der Waals surface area contributed by atoms with E-state index in [4.69, 9.17) is 0 Å². The lowest BCUT2D eigenvalue weighted by molar-refractivity contribution is 0.598. The van der Waals surface area contributed by atoms with E-state index in [-0.39, 0.29) is 4.90 Å². The van der Waals surface area contributed by atoms with Gasteiger partial charge in [0.1, 0.15) is 9.73 Å². The van der Waals surface area contributed by atoms with Gasteiger partial charge in [-0.3, -0.25) is 0 Å². The summed E-state index contributed by atoms with van der Waals surface area (Å²) in [7, 11) is -7.47. The summed E-state index contributed by atoms with van der Waals surface area (Å²) in [6.07, 6.45) is 3.58. The zero-order valence-corrected chi connectivity index (χ0v) is 18.4. The highest BCUT2D eigenvalue weighted by Gasteiger charge is 2.19. The maximum Gasteiger partial charge on any atom is 0.290 e. The normalized spacial score (nSPS) is 14.4. The van der Waals surface area contributed by atoms with Crippen LogP contribution in [-0.2, 0) is 19.8 Å². The van der Waals surface area contributed by atoms with Gasteiger partial charge in [0.25, 0.3) is 10.0 Å². The number of nitrogens with zero attached hydrogens (tertiary/aromatic N) is 1. The minimum Gasteiger partial charge on any atom is -0.239 e. The summed E-state index contributed by atoms with van der Waals surface area (Å²) >= 11 is 0. The van der Waals surface area contributed by atoms with E-state index in [2.05, 4.69) is 3.77 Å². The fourth-order valence-electron chi connectivity index (χ4n) is 2.72. The van der Waals surface area contributed by atoms with Gasteiger partial charge in [0.2, 0.25) is 0 Å². The molecule has 0 radical (unpaired) electrons. The van der Waals surface area contributed by atoms with Crippen LogP contribution >= 0.6 is 0 Å². The predicted molar refractivity (Wildman–Crippen MR) is 123 cm³/mol. The second-order valence-corrected chi connectivity index (χ2v) is 10.7.